The summed E-state index contributed by atoms with van der Waals surface area (Å²) in [5.41, 5.74) is -0.350. The van der Waals surface area contributed by atoms with Gasteiger partial charge in [-0.1, -0.05) is 6.92 Å². The van der Waals surface area contributed by atoms with Gasteiger partial charge < -0.3 is 4.74 Å². The monoisotopic (exact) mass is 300 g/mol. The third-order valence-electron chi connectivity index (χ3n) is 3.34. The summed E-state index contributed by atoms with van der Waals surface area (Å²) in [6, 6.07) is 0. The Hall–Kier alpha value is -1.21. The van der Waals surface area contributed by atoms with Crippen LogP contribution in [-0.2, 0) is 15.5 Å². The molecule has 1 unspecified atom stereocenters. The topological polar surface area (TPSA) is 81.2 Å². The molecular formula is C13H20N2O4S. The molecular weight excluding hydrogens is 280 g/mol. The molecule has 1 N–H and O–H groups in total. The van der Waals surface area contributed by atoms with Crippen molar-refractivity contribution in [3.63, 3.8) is 0 Å². The molecule has 1 fully saturated rings. The van der Waals surface area contributed by atoms with Crippen molar-refractivity contribution in [2.45, 2.75) is 45.4 Å². The zero-order valence-electron chi connectivity index (χ0n) is 11.8. The van der Waals surface area contributed by atoms with Crippen molar-refractivity contribution < 1.29 is 8.95 Å². The molecule has 0 aromatic carbocycles. The SMILES string of the molecule is CCCS(=O)C[C@@H]1CC[C@H](n2cc(C)c(=O)[nH]c2=O)O1. The Bertz CT molecular complexity index is 607. The van der Waals surface area contributed by atoms with Gasteiger partial charge in [0.2, 0.25) is 0 Å². The van der Waals surface area contributed by atoms with Crippen molar-refractivity contribution in [1.82, 2.24) is 9.55 Å². The highest BCUT2D eigenvalue weighted by molar-refractivity contribution is 7.85. The van der Waals surface area contributed by atoms with Gasteiger partial charge in [-0.3, -0.25) is 18.6 Å². The fourth-order valence-corrected chi connectivity index (χ4v) is 3.61. The second-order valence-electron chi connectivity index (χ2n) is 5.08. The van der Waals surface area contributed by atoms with Crippen molar-refractivity contribution >= 4 is 10.8 Å². The van der Waals surface area contributed by atoms with E-state index in [0.717, 1.165) is 12.8 Å². The molecule has 3 atom stereocenters. The highest BCUT2D eigenvalue weighted by atomic mass is 32.2. The molecule has 1 aromatic rings. The Labute approximate surface area is 119 Å². The molecule has 0 saturated carbocycles. The van der Waals surface area contributed by atoms with Crippen molar-refractivity contribution in [3.05, 3.63) is 32.6 Å². The van der Waals surface area contributed by atoms with Crippen LogP contribution < -0.4 is 11.2 Å². The lowest BCUT2D eigenvalue weighted by atomic mass is 10.2. The van der Waals surface area contributed by atoms with Crippen LogP contribution >= 0.6 is 0 Å². The minimum Gasteiger partial charge on any atom is -0.354 e. The highest BCUT2D eigenvalue weighted by Gasteiger charge is 2.28. The van der Waals surface area contributed by atoms with Crippen LogP contribution in [0.1, 0.15) is 38.0 Å². The van der Waals surface area contributed by atoms with Gasteiger partial charge in [-0.15, -0.1) is 0 Å². The van der Waals surface area contributed by atoms with Crippen LogP contribution in [0, 0.1) is 6.92 Å². The number of nitrogens with one attached hydrogen (secondary N) is 1. The van der Waals surface area contributed by atoms with Crippen molar-refractivity contribution in [2.24, 2.45) is 0 Å². The Morgan fingerprint density at radius 1 is 1.45 bits per heavy atom. The highest BCUT2D eigenvalue weighted by Crippen LogP contribution is 2.27. The molecule has 6 nitrogen and oxygen atoms in total. The number of hydrogen-bond acceptors (Lipinski definition) is 4. The number of aromatic amines is 1. The summed E-state index contributed by atoms with van der Waals surface area (Å²) < 4.78 is 18.9. The van der Waals surface area contributed by atoms with Crippen molar-refractivity contribution in [2.75, 3.05) is 11.5 Å². The smallest absolute Gasteiger partial charge is 0.330 e. The fourth-order valence-electron chi connectivity index (χ4n) is 2.33. The number of rotatable bonds is 5. The molecule has 1 saturated heterocycles. The maximum Gasteiger partial charge on any atom is 0.330 e. The second kappa shape index (κ2) is 6.49. The van der Waals surface area contributed by atoms with E-state index in [1.807, 2.05) is 6.92 Å². The van der Waals surface area contributed by atoms with E-state index < -0.39 is 16.5 Å². The van der Waals surface area contributed by atoms with E-state index in [0.29, 0.717) is 23.5 Å². The molecule has 2 rings (SSSR count). The Kier molecular flexibility index (Phi) is 4.93. The van der Waals surface area contributed by atoms with E-state index in [1.54, 1.807) is 6.92 Å². The van der Waals surface area contributed by atoms with Gasteiger partial charge >= 0.3 is 5.69 Å². The van der Waals surface area contributed by atoms with Crippen LogP contribution in [0.5, 0.6) is 0 Å². The number of H-pyrrole nitrogens is 1. The number of ether oxygens (including phenoxy) is 1. The minimum atomic E-state index is -0.865. The van der Waals surface area contributed by atoms with Crippen LogP contribution in [-0.4, -0.2) is 31.4 Å². The van der Waals surface area contributed by atoms with Gasteiger partial charge in [-0.05, 0) is 26.2 Å². The van der Waals surface area contributed by atoms with Crippen LogP contribution in [0.15, 0.2) is 15.8 Å². The number of aryl methyl sites for hydroxylation is 1. The molecule has 1 aromatic heterocycles. The van der Waals surface area contributed by atoms with E-state index in [-0.39, 0.29) is 17.9 Å². The van der Waals surface area contributed by atoms with E-state index in [9.17, 15) is 13.8 Å². The molecule has 7 heteroatoms. The standard InChI is InChI=1S/C13H20N2O4S/c1-3-6-20(18)8-10-4-5-11(19-10)15-7-9(2)12(16)14-13(15)17/h7,10-11H,3-6,8H2,1-2H3,(H,14,16,17)/t10-,11+,20?/m0/s1. The van der Waals surface area contributed by atoms with E-state index in [2.05, 4.69) is 4.98 Å². The first kappa shape index (κ1) is 15.2. The Balaban J connectivity index is 2.06. The molecule has 0 bridgehead atoms. The molecule has 0 radical (unpaired) electrons. The van der Waals surface area contributed by atoms with Gasteiger partial charge in [-0.25, -0.2) is 4.79 Å². The quantitative estimate of drug-likeness (QED) is 0.867. The summed E-state index contributed by atoms with van der Waals surface area (Å²) in [5.74, 6) is 1.20. The summed E-state index contributed by atoms with van der Waals surface area (Å²) in [5, 5.41) is 0. The van der Waals surface area contributed by atoms with E-state index >= 15 is 0 Å². The summed E-state index contributed by atoms with van der Waals surface area (Å²) in [6.45, 7) is 3.65. The fraction of sp³-hybridized carbons (Fsp3) is 0.692. The lowest BCUT2D eigenvalue weighted by Gasteiger charge is -2.15. The maximum atomic E-state index is 11.8. The number of aromatic nitrogens is 2. The summed E-state index contributed by atoms with van der Waals surface area (Å²) in [4.78, 5) is 25.4. The largest absolute Gasteiger partial charge is 0.354 e. The molecule has 0 aliphatic carbocycles. The van der Waals surface area contributed by atoms with Gasteiger partial charge in [0, 0.05) is 34.1 Å². The van der Waals surface area contributed by atoms with Gasteiger partial charge in [0.15, 0.2) is 0 Å². The van der Waals surface area contributed by atoms with Crippen LogP contribution in [0.25, 0.3) is 0 Å². The predicted octanol–water partition coefficient (Wildman–Crippen LogP) is 0.681. The summed E-state index contributed by atoms with van der Waals surface area (Å²) in [7, 11) is -0.865. The third kappa shape index (κ3) is 3.46. The zero-order chi connectivity index (χ0) is 14.7. The van der Waals surface area contributed by atoms with Gasteiger partial charge in [-0.2, -0.15) is 0 Å². The molecule has 1 aliphatic heterocycles. The first-order valence-corrected chi connectivity index (χ1v) is 8.32. The van der Waals surface area contributed by atoms with Crippen molar-refractivity contribution in [1.29, 1.82) is 0 Å². The molecule has 112 valence electrons. The third-order valence-corrected chi connectivity index (χ3v) is 4.95. The summed E-state index contributed by atoms with van der Waals surface area (Å²) >= 11 is 0. The van der Waals surface area contributed by atoms with Crippen molar-refractivity contribution in [3.8, 4) is 0 Å². The lowest BCUT2D eigenvalue weighted by Crippen LogP contribution is -2.33. The van der Waals surface area contributed by atoms with Gasteiger partial charge in [0.1, 0.15) is 6.23 Å². The molecule has 2 heterocycles. The van der Waals surface area contributed by atoms with E-state index in [4.69, 9.17) is 4.74 Å². The van der Waals surface area contributed by atoms with Gasteiger partial charge in [0.05, 0.1) is 6.10 Å². The van der Waals surface area contributed by atoms with Crippen LogP contribution in [0.3, 0.4) is 0 Å². The Morgan fingerprint density at radius 3 is 2.90 bits per heavy atom. The Morgan fingerprint density at radius 2 is 2.20 bits per heavy atom. The zero-order valence-corrected chi connectivity index (χ0v) is 12.6. The van der Waals surface area contributed by atoms with Crippen LogP contribution in [0.4, 0.5) is 0 Å². The minimum absolute atomic E-state index is 0.0773. The average molecular weight is 300 g/mol. The predicted molar refractivity (Wildman–Crippen MR) is 77.4 cm³/mol. The normalized spacial score (nSPS) is 23.9. The number of hydrogen-bond donors (Lipinski definition) is 1. The van der Waals surface area contributed by atoms with E-state index in [1.165, 1.54) is 10.8 Å². The molecule has 0 amide bonds. The number of nitrogens with zero attached hydrogens (tertiary/aromatic N) is 1. The lowest BCUT2D eigenvalue weighted by molar-refractivity contribution is 0.00956. The summed E-state index contributed by atoms with van der Waals surface area (Å²) in [6.07, 6.45) is 3.44. The maximum absolute atomic E-state index is 11.8. The molecule has 1 aliphatic rings. The molecule has 20 heavy (non-hydrogen) atoms. The second-order valence-corrected chi connectivity index (χ2v) is 6.70. The van der Waals surface area contributed by atoms with Gasteiger partial charge in [0.25, 0.3) is 5.56 Å². The average Bonchev–Trinajstić information content (AvgIpc) is 2.82. The van der Waals surface area contributed by atoms with Crippen LogP contribution in [0.2, 0.25) is 0 Å². The first-order chi connectivity index (χ1) is 9.51. The molecule has 0 spiro atoms. The first-order valence-electron chi connectivity index (χ1n) is 6.83.